The molecule has 0 amide bonds. The van der Waals surface area contributed by atoms with Gasteiger partial charge in [-0.25, -0.2) is 18.4 Å². The number of fused-ring (bicyclic) bond motifs is 1. The van der Waals surface area contributed by atoms with Crippen molar-refractivity contribution in [3.05, 3.63) is 18.6 Å². The Kier molecular flexibility index (Phi) is 4.90. The van der Waals surface area contributed by atoms with Crippen LogP contribution in [0.1, 0.15) is 44.9 Å². The van der Waals surface area contributed by atoms with Gasteiger partial charge < -0.3 is 9.88 Å². The fourth-order valence-electron chi connectivity index (χ4n) is 4.46. The summed E-state index contributed by atoms with van der Waals surface area (Å²) in [5, 5.41) is 1.04. The zero-order chi connectivity index (χ0) is 18.1. The normalized spacial score (nSPS) is 24.5. The summed E-state index contributed by atoms with van der Waals surface area (Å²) in [6.45, 7) is 0. The van der Waals surface area contributed by atoms with E-state index in [0.717, 1.165) is 55.4 Å². The van der Waals surface area contributed by atoms with Gasteiger partial charge in [0, 0.05) is 19.3 Å². The van der Waals surface area contributed by atoms with Crippen LogP contribution in [0.25, 0.3) is 11.0 Å². The summed E-state index contributed by atoms with van der Waals surface area (Å²) in [5.74, 6) is 2.51. The molecule has 0 radical (unpaired) electrons. The molecule has 4 rings (SSSR count). The molecule has 2 aliphatic carbocycles. The van der Waals surface area contributed by atoms with Crippen molar-refractivity contribution < 1.29 is 8.42 Å². The molecule has 2 aromatic rings. The fourth-order valence-corrected chi connectivity index (χ4v) is 6.70. The van der Waals surface area contributed by atoms with E-state index in [0.29, 0.717) is 29.4 Å². The Balaban J connectivity index is 1.35. The van der Waals surface area contributed by atoms with Gasteiger partial charge in [-0.05, 0) is 56.4 Å². The highest BCUT2D eigenvalue weighted by atomic mass is 32.2. The standard InChI is InChI=1S/C19H28N4O2S/c1-23(19-17-9-10-20-18(17)21-13-22-19)16-7-5-15(6-8-16)12-26(24,25)11-14-3-2-4-14/h9-10,13-16H,2-8,11-12H2,1H3,(H,20,21,22). The third kappa shape index (κ3) is 3.72. The van der Waals surface area contributed by atoms with E-state index in [1.54, 1.807) is 6.33 Å². The monoisotopic (exact) mass is 376 g/mol. The predicted octanol–water partition coefficient (Wildman–Crippen LogP) is 3.17. The van der Waals surface area contributed by atoms with E-state index in [4.69, 9.17) is 0 Å². The van der Waals surface area contributed by atoms with Crippen molar-refractivity contribution >= 4 is 26.7 Å². The van der Waals surface area contributed by atoms with Crippen LogP contribution in [0.2, 0.25) is 0 Å². The molecular weight excluding hydrogens is 348 g/mol. The number of aromatic nitrogens is 3. The maximum absolute atomic E-state index is 12.4. The number of nitrogens with zero attached hydrogens (tertiary/aromatic N) is 3. The number of H-pyrrole nitrogens is 1. The number of nitrogens with one attached hydrogen (secondary N) is 1. The second-order valence-corrected chi connectivity index (χ2v) is 10.3. The highest BCUT2D eigenvalue weighted by molar-refractivity contribution is 7.91. The second-order valence-electron chi connectivity index (χ2n) is 8.10. The van der Waals surface area contributed by atoms with Crippen LogP contribution in [0, 0.1) is 11.8 Å². The molecule has 0 unspecified atom stereocenters. The maximum atomic E-state index is 12.4. The Hall–Kier alpha value is -1.63. The molecule has 7 heteroatoms. The van der Waals surface area contributed by atoms with Gasteiger partial charge in [-0.15, -0.1) is 0 Å². The maximum Gasteiger partial charge on any atom is 0.150 e. The average Bonchev–Trinajstić information content (AvgIpc) is 3.07. The smallest absolute Gasteiger partial charge is 0.150 e. The van der Waals surface area contributed by atoms with E-state index >= 15 is 0 Å². The lowest BCUT2D eigenvalue weighted by Gasteiger charge is -2.35. The highest BCUT2D eigenvalue weighted by Crippen LogP contribution is 2.33. The van der Waals surface area contributed by atoms with Gasteiger partial charge in [0.2, 0.25) is 0 Å². The van der Waals surface area contributed by atoms with Crippen molar-refractivity contribution in [1.82, 2.24) is 15.0 Å². The van der Waals surface area contributed by atoms with Crippen molar-refractivity contribution in [1.29, 1.82) is 0 Å². The Bertz CT molecular complexity index is 851. The van der Waals surface area contributed by atoms with Gasteiger partial charge in [0.15, 0.2) is 9.84 Å². The highest BCUT2D eigenvalue weighted by Gasteiger charge is 2.31. The molecule has 26 heavy (non-hydrogen) atoms. The summed E-state index contributed by atoms with van der Waals surface area (Å²) in [6, 6.07) is 2.42. The summed E-state index contributed by atoms with van der Waals surface area (Å²) in [6.07, 6.45) is 10.9. The minimum absolute atomic E-state index is 0.322. The van der Waals surface area contributed by atoms with Crippen LogP contribution >= 0.6 is 0 Å². The van der Waals surface area contributed by atoms with Crippen LogP contribution in [0.4, 0.5) is 5.82 Å². The molecule has 1 N–H and O–H groups in total. The zero-order valence-electron chi connectivity index (χ0n) is 15.4. The lowest BCUT2D eigenvalue weighted by atomic mass is 9.86. The average molecular weight is 377 g/mol. The first-order valence-corrected chi connectivity index (χ1v) is 11.6. The predicted molar refractivity (Wildman–Crippen MR) is 104 cm³/mol. The minimum atomic E-state index is -2.89. The number of hydrogen-bond acceptors (Lipinski definition) is 5. The summed E-state index contributed by atoms with van der Waals surface area (Å²) in [4.78, 5) is 14.1. The van der Waals surface area contributed by atoms with Crippen molar-refractivity contribution in [3.8, 4) is 0 Å². The van der Waals surface area contributed by atoms with Crippen LogP contribution in [0.5, 0.6) is 0 Å². The number of sulfone groups is 1. The van der Waals surface area contributed by atoms with E-state index in [1.807, 2.05) is 12.3 Å². The molecule has 0 saturated heterocycles. The van der Waals surface area contributed by atoms with Gasteiger partial charge in [0.25, 0.3) is 0 Å². The van der Waals surface area contributed by atoms with Crippen LogP contribution in [0.15, 0.2) is 18.6 Å². The van der Waals surface area contributed by atoms with Crippen LogP contribution in [0.3, 0.4) is 0 Å². The van der Waals surface area contributed by atoms with E-state index in [9.17, 15) is 8.42 Å². The Morgan fingerprint density at radius 2 is 1.77 bits per heavy atom. The summed E-state index contributed by atoms with van der Waals surface area (Å²) < 4.78 is 24.8. The minimum Gasteiger partial charge on any atom is -0.356 e. The first-order valence-electron chi connectivity index (χ1n) is 9.73. The number of hydrogen-bond donors (Lipinski definition) is 1. The Morgan fingerprint density at radius 3 is 2.42 bits per heavy atom. The van der Waals surface area contributed by atoms with Gasteiger partial charge in [0.1, 0.15) is 17.8 Å². The largest absolute Gasteiger partial charge is 0.356 e. The molecule has 2 fully saturated rings. The fraction of sp³-hybridized carbons (Fsp3) is 0.684. The third-order valence-corrected chi connectivity index (χ3v) is 8.19. The lowest BCUT2D eigenvalue weighted by Crippen LogP contribution is -2.37. The summed E-state index contributed by atoms with van der Waals surface area (Å²) in [7, 11) is -0.800. The van der Waals surface area contributed by atoms with Crippen LogP contribution in [-0.2, 0) is 9.84 Å². The van der Waals surface area contributed by atoms with E-state index in [-0.39, 0.29) is 0 Å². The number of rotatable bonds is 6. The van der Waals surface area contributed by atoms with Gasteiger partial charge >= 0.3 is 0 Å². The van der Waals surface area contributed by atoms with Gasteiger partial charge in [0.05, 0.1) is 16.9 Å². The molecule has 2 aliphatic rings. The lowest BCUT2D eigenvalue weighted by molar-refractivity contribution is 0.333. The molecule has 142 valence electrons. The van der Waals surface area contributed by atoms with Crippen LogP contribution in [-0.4, -0.2) is 48.0 Å². The summed E-state index contributed by atoms with van der Waals surface area (Å²) in [5.41, 5.74) is 0.859. The quantitative estimate of drug-likeness (QED) is 0.838. The number of anilines is 1. The number of aromatic amines is 1. The molecular formula is C19H28N4O2S. The second kappa shape index (κ2) is 7.18. The molecule has 0 aliphatic heterocycles. The molecule has 0 spiro atoms. The van der Waals surface area contributed by atoms with Gasteiger partial charge in [-0.3, -0.25) is 0 Å². The molecule has 0 aromatic carbocycles. The van der Waals surface area contributed by atoms with Crippen molar-refractivity contribution in [2.24, 2.45) is 11.8 Å². The van der Waals surface area contributed by atoms with Crippen LogP contribution < -0.4 is 4.90 Å². The molecule has 6 nitrogen and oxygen atoms in total. The molecule has 0 bridgehead atoms. The van der Waals surface area contributed by atoms with E-state index in [2.05, 4.69) is 26.9 Å². The molecule has 2 aromatic heterocycles. The SMILES string of the molecule is CN(c1ncnc2[nH]ccc12)C1CCC(CS(=O)(=O)CC2CCC2)CC1. The summed E-state index contributed by atoms with van der Waals surface area (Å²) >= 11 is 0. The van der Waals surface area contributed by atoms with Crippen molar-refractivity contribution in [2.45, 2.75) is 51.0 Å². The Labute approximate surface area is 155 Å². The molecule has 2 heterocycles. The zero-order valence-corrected chi connectivity index (χ0v) is 16.2. The van der Waals surface area contributed by atoms with Gasteiger partial charge in [-0.2, -0.15) is 0 Å². The van der Waals surface area contributed by atoms with Crippen molar-refractivity contribution in [2.75, 3.05) is 23.5 Å². The molecule has 2 saturated carbocycles. The molecule has 0 atom stereocenters. The topological polar surface area (TPSA) is 79.0 Å². The van der Waals surface area contributed by atoms with Gasteiger partial charge in [-0.1, -0.05) is 6.42 Å². The Morgan fingerprint density at radius 1 is 1.08 bits per heavy atom. The first kappa shape index (κ1) is 17.8. The van der Waals surface area contributed by atoms with E-state index < -0.39 is 9.84 Å². The third-order valence-electron chi connectivity index (χ3n) is 6.24. The van der Waals surface area contributed by atoms with Crippen molar-refractivity contribution in [3.63, 3.8) is 0 Å². The van der Waals surface area contributed by atoms with E-state index in [1.165, 1.54) is 6.42 Å². The first-order chi connectivity index (χ1) is 12.5.